The monoisotopic (exact) mass is 560 g/mol. The van der Waals surface area contributed by atoms with Crippen molar-refractivity contribution < 1.29 is 23.9 Å². The van der Waals surface area contributed by atoms with E-state index in [-0.39, 0.29) is 30.5 Å². The zero-order valence-electron chi connectivity index (χ0n) is 26.0. The Morgan fingerprint density at radius 3 is 2.23 bits per heavy atom. The molecule has 1 N–H and O–H groups in total. The molecule has 0 bridgehead atoms. The van der Waals surface area contributed by atoms with Crippen LogP contribution in [0.15, 0.2) is 24.3 Å². The Bertz CT molecular complexity index is 948. The van der Waals surface area contributed by atoms with Gasteiger partial charge in [0.15, 0.2) is 6.23 Å². The number of imide groups is 1. The van der Waals surface area contributed by atoms with Crippen molar-refractivity contribution in [3.63, 3.8) is 0 Å². The van der Waals surface area contributed by atoms with E-state index in [0.29, 0.717) is 26.0 Å². The highest BCUT2D eigenvalue weighted by atomic mass is 16.5. The number of β-lactam (4-membered cyclic amide) rings is 1. The van der Waals surface area contributed by atoms with Gasteiger partial charge in [-0.25, -0.2) is 9.69 Å². The molecular weight excluding hydrogens is 508 g/mol. The van der Waals surface area contributed by atoms with Gasteiger partial charge >= 0.3 is 6.03 Å². The normalized spacial score (nSPS) is 17.2. The van der Waals surface area contributed by atoms with Gasteiger partial charge in [-0.15, -0.1) is 0 Å². The number of nitrogens with one attached hydrogen (secondary N) is 1. The Morgan fingerprint density at radius 1 is 1.05 bits per heavy atom. The molecule has 2 rings (SSSR count). The summed E-state index contributed by atoms with van der Waals surface area (Å²) < 4.78 is 11.4. The van der Waals surface area contributed by atoms with Crippen LogP contribution in [0.3, 0.4) is 0 Å². The lowest BCUT2D eigenvalue weighted by Crippen LogP contribution is -2.73. The number of aryl methyl sites for hydroxylation is 1. The molecule has 1 aliphatic rings. The second-order valence-corrected chi connectivity index (χ2v) is 11.0. The quantitative estimate of drug-likeness (QED) is 0.277. The number of hydrogen-bond acceptors (Lipinski definition) is 6. The first kappa shape index (κ1) is 33.7. The number of methoxy groups -OCH3 is 1. The summed E-state index contributed by atoms with van der Waals surface area (Å²) in [5, 5.41) is 3.06. The molecular formula is C31H52N4O5. The molecule has 2 atom stereocenters. The maximum atomic E-state index is 13.5. The van der Waals surface area contributed by atoms with Crippen molar-refractivity contribution in [2.75, 3.05) is 46.5 Å². The number of ether oxygens (including phenoxy) is 2. The molecule has 0 aliphatic carbocycles. The van der Waals surface area contributed by atoms with Crippen LogP contribution in [0, 0.1) is 12.3 Å². The number of amides is 4. The smallest absolute Gasteiger partial charge is 0.326 e. The first-order valence-corrected chi connectivity index (χ1v) is 14.9. The maximum absolute atomic E-state index is 13.5. The van der Waals surface area contributed by atoms with E-state index < -0.39 is 17.7 Å². The number of carbonyl (C=O) groups excluding carboxylic acids is 3. The van der Waals surface area contributed by atoms with Crippen LogP contribution in [0.1, 0.15) is 84.4 Å². The summed E-state index contributed by atoms with van der Waals surface area (Å²) in [5.41, 5.74) is 1.33. The molecule has 2 unspecified atom stereocenters. The van der Waals surface area contributed by atoms with Gasteiger partial charge < -0.3 is 19.7 Å². The van der Waals surface area contributed by atoms with Crippen molar-refractivity contribution in [1.82, 2.24) is 20.0 Å². The number of urea groups is 1. The van der Waals surface area contributed by atoms with Crippen LogP contribution in [-0.2, 0) is 19.1 Å². The molecule has 0 radical (unpaired) electrons. The molecule has 1 aromatic rings. The topological polar surface area (TPSA) is 91.4 Å². The highest BCUT2D eigenvalue weighted by Gasteiger charge is 2.62. The molecule has 1 saturated heterocycles. The van der Waals surface area contributed by atoms with Crippen LogP contribution in [0.25, 0.3) is 0 Å². The Hall–Kier alpha value is -2.49. The second-order valence-electron chi connectivity index (χ2n) is 11.0. The Labute approximate surface area is 241 Å². The van der Waals surface area contributed by atoms with Gasteiger partial charge in [-0.05, 0) is 52.1 Å². The molecule has 1 fully saturated rings. The first-order valence-electron chi connectivity index (χ1n) is 14.9. The highest BCUT2D eigenvalue weighted by Crippen LogP contribution is 2.46. The summed E-state index contributed by atoms with van der Waals surface area (Å²) in [6.07, 6.45) is 1.89. The summed E-state index contributed by atoms with van der Waals surface area (Å²) in [5.74, 6) is -0.397. The average molecular weight is 561 g/mol. The molecule has 4 amide bonds. The molecule has 0 saturated carbocycles. The number of benzene rings is 1. The van der Waals surface area contributed by atoms with Gasteiger partial charge in [0.25, 0.3) is 0 Å². The summed E-state index contributed by atoms with van der Waals surface area (Å²) in [6.45, 7) is 17.4. The number of nitrogens with zero attached hydrogens (tertiary/aromatic N) is 3. The number of carbonyl (C=O) groups is 3. The molecule has 226 valence electrons. The minimum absolute atomic E-state index is 0.00826. The van der Waals surface area contributed by atoms with Gasteiger partial charge in [0.05, 0.1) is 18.1 Å². The largest absolute Gasteiger partial charge is 0.383 e. The van der Waals surface area contributed by atoms with Gasteiger partial charge in [0.2, 0.25) is 11.8 Å². The molecule has 1 aliphatic heterocycles. The predicted octanol–water partition coefficient (Wildman–Crippen LogP) is 4.74. The van der Waals surface area contributed by atoms with Gasteiger partial charge in [0.1, 0.15) is 6.61 Å². The number of rotatable bonds is 17. The van der Waals surface area contributed by atoms with E-state index in [9.17, 15) is 14.4 Å². The first-order chi connectivity index (χ1) is 19.1. The van der Waals surface area contributed by atoms with Crippen molar-refractivity contribution in [2.24, 2.45) is 5.41 Å². The lowest BCUT2D eigenvalue weighted by molar-refractivity contribution is -0.212. The maximum Gasteiger partial charge on any atom is 0.326 e. The molecule has 9 heteroatoms. The summed E-state index contributed by atoms with van der Waals surface area (Å²) in [4.78, 5) is 45.4. The van der Waals surface area contributed by atoms with E-state index in [1.54, 1.807) is 12.0 Å². The highest BCUT2D eigenvalue weighted by molar-refractivity contribution is 6.03. The van der Waals surface area contributed by atoms with Gasteiger partial charge in [-0.3, -0.25) is 14.5 Å². The molecule has 1 heterocycles. The Balaban J connectivity index is 2.14. The zero-order valence-corrected chi connectivity index (χ0v) is 26.0. The molecule has 9 nitrogen and oxygen atoms in total. The fourth-order valence-corrected chi connectivity index (χ4v) is 5.40. The van der Waals surface area contributed by atoms with Gasteiger partial charge in [0, 0.05) is 32.8 Å². The van der Waals surface area contributed by atoms with Crippen LogP contribution in [0.4, 0.5) is 4.79 Å². The number of likely N-dealkylation sites (tertiary alicyclic amines) is 1. The SMILES string of the molecule is CCCC(NC(=O)N1C(=O)C(CC)(CC)C1OCC(=O)N(CCN(CC)CCOC)C(C)C)c1ccc(C)cc1. The Morgan fingerprint density at radius 2 is 1.70 bits per heavy atom. The van der Waals surface area contributed by atoms with E-state index in [4.69, 9.17) is 9.47 Å². The standard InChI is InChI=1S/C31H52N4O5/c1-9-13-26(25-16-14-24(7)15-17-25)32-30(38)35-28(37)31(10-2,11-3)29(35)40-22-27(36)34(23(5)6)19-18-33(12-4)20-21-39-8/h14-17,23,26,29H,9-13,18-22H2,1-8H3,(H,32,38). The number of hydrogen-bond donors (Lipinski definition) is 1. The molecule has 1 aromatic carbocycles. The van der Waals surface area contributed by atoms with Crippen LogP contribution < -0.4 is 5.32 Å². The third-order valence-electron chi connectivity index (χ3n) is 8.21. The van der Waals surface area contributed by atoms with Crippen molar-refractivity contribution >= 4 is 17.8 Å². The molecule has 0 spiro atoms. The fraction of sp³-hybridized carbons (Fsp3) is 0.710. The van der Waals surface area contributed by atoms with Gasteiger partial charge in [-0.2, -0.15) is 0 Å². The van der Waals surface area contributed by atoms with Crippen molar-refractivity contribution in [2.45, 2.75) is 92.5 Å². The third kappa shape index (κ3) is 8.04. The van der Waals surface area contributed by atoms with Crippen molar-refractivity contribution in [3.05, 3.63) is 35.4 Å². The Kier molecular flexibility index (Phi) is 13.6. The second kappa shape index (κ2) is 16.1. The van der Waals surface area contributed by atoms with Crippen LogP contribution in [-0.4, -0.2) is 91.3 Å². The van der Waals surface area contributed by atoms with E-state index in [1.165, 1.54) is 4.90 Å². The number of likely N-dealkylation sites (N-methyl/N-ethyl adjacent to an activating group) is 1. The minimum Gasteiger partial charge on any atom is -0.383 e. The van der Waals surface area contributed by atoms with Crippen LogP contribution >= 0.6 is 0 Å². The average Bonchev–Trinajstić information content (AvgIpc) is 2.93. The summed E-state index contributed by atoms with van der Waals surface area (Å²) >= 11 is 0. The lowest BCUT2D eigenvalue weighted by atomic mass is 9.72. The predicted molar refractivity (Wildman–Crippen MR) is 158 cm³/mol. The van der Waals surface area contributed by atoms with Gasteiger partial charge in [-0.1, -0.05) is 63.9 Å². The zero-order chi connectivity index (χ0) is 29.9. The van der Waals surface area contributed by atoms with Crippen molar-refractivity contribution in [3.8, 4) is 0 Å². The van der Waals surface area contributed by atoms with Crippen molar-refractivity contribution in [1.29, 1.82) is 0 Å². The lowest BCUT2D eigenvalue weighted by Gasteiger charge is -2.53. The van der Waals surface area contributed by atoms with E-state index in [2.05, 4.69) is 24.1 Å². The summed E-state index contributed by atoms with van der Waals surface area (Å²) in [7, 11) is 1.68. The minimum atomic E-state index is -0.816. The molecule has 0 aromatic heterocycles. The summed E-state index contributed by atoms with van der Waals surface area (Å²) in [6, 6.07) is 7.36. The van der Waals surface area contributed by atoms with E-state index in [1.807, 2.05) is 58.9 Å². The van der Waals surface area contributed by atoms with Crippen LogP contribution in [0.5, 0.6) is 0 Å². The van der Waals surface area contributed by atoms with E-state index in [0.717, 1.165) is 43.6 Å². The third-order valence-corrected chi connectivity index (χ3v) is 8.21. The molecule has 40 heavy (non-hydrogen) atoms. The van der Waals surface area contributed by atoms with E-state index >= 15 is 0 Å². The fourth-order valence-electron chi connectivity index (χ4n) is 5.40. The van der Waals surface area contributed by atoms with Crippen LogP contribution in [0.2, 0.25) is 0 Å².